The fourth-order valence-corrected chi connectivity index (χ4v) is 5.35. The molecule has 2 aliphatic heterocycles. The first-order valence-electron chi connectivity index (χ1n) is 10.6. The minimum Gasteiger partial charge on any atom is -0.385 e. The highest BCUT2D eigenvalue weighted by atomic mass is 35.5. The van der Waals surface area contributed by atoms with Crippen LogP contribution in [0.4, 0.5) is 5.69 Å². The quantitative estimate of drug-likeness (QED) is 0.717. The number of amides is 2. The number of hydrogen-bond donors (Lipinski definition) is 1. The summed E-state index contributed by atoms with van der Waals surface area (Å²) in [4.78, 5) is 30.8. The summed E-state index contributed by atoms with van der Waals surface area (Å²) in [6, 6.07) is 9.50. The molecule has 1 aromatic carbocycles. The normalized spacial score (nSPS) is 21.8. The molecule has 6 nitrogen and oxygen atoms in total. The maximum absolute atomic E-state index is 13.3. The number of carbonyl (C=O) groups excluding carboxylic acids is 2. The van der Waals surface area contributed by atoms with E-state index in [9.17, 15) is 9.59 Å². The highest BCUT2D eigenvalue weighted by Gasteiger charge is 2.41. The molecule has 1 unspecified atom stereocenters. The van der Waals surface area contributed by atoms with Crippen LogP contribution in [0.25, 0.3) is 0 Å². The first-order chi connectivity index (χ1) is 15.0. The first-order valence-corrected chi connectivity index (χ1v) is 11.8. The molecule has 166 valence electrons. The van der Waals surface area contributed by atoms with Gasteiger partial charge >= 0.3 is 0 Å². The van der Waals surface area contributed by atoms with Crippen molar-refractivity contribution < 1.29 is 14.3 Å². The largest absolute Gasteiger partial charge is 0.385 e. The van der Waals surface area contributed by atoms with E-state index >= 15 is 0 Å². The van der Waals surface area contributed by atoms with E-state index in [-0.39, 0.29) is 23.8 Å². The summed E-state index contributed by atoms with van der Waals surface area (Å²) in [7, 11) is 3.77. The molecule has 4 rings (SSSR count). The predicted molar refractivity (Wildman–Crippen MR) is 124 cm³/mol. The van der Waals surface area contributed by atoms with Crippen LogP contribution in [0.5, 0.6) is 0 Å². The van der Waals surface area contributed by atoms with Crippen LogP contribution >= 0.6 is 22.9 Å². The van der Waals surface area contributed by atoms with Crippen LogP contribution in [0.15, 0.2) is 30.3 Å². The van der Waals surface area contributed by atoms with Crippen molar-refractivity contribution in [2.75, 3.05) is 45.3 Å². The lowest BCUT2D eigenvalue weighted by Gasteiger charge is -2.19. The molecule has 0 bridgehead atoms. The molecule has 3 heterocycles. The Hall–Kier alpha value is -1.93. The molecule has 0 aliphatic carbocycles. The van der Waals surface area contributed by atoms with Crippen LogP contribution in [0.1, 0.15) is 27.2 Å². The monoisotopic (exact) mass is 461 g/mol. The lowest BCUT2D eigenvalue weighted by molar-refractivity contribution is -0.121. The second kappa shape index (κ2) is 9.69. The van der Waals surface area contributed by atoms with Gasteiger partial charge < -0.3 is 19.9 Å². The van der Waals surface area contributed by atoms with Crippen molar-refractivity contribution in [3.63, 3.8) is 0 Å². The van der Waals surface area contributed by atoms with Crippen LogP contribution < -0.4 is 10.2 Å². The Morgan fingerprint density at radius 2 is 2.00 bits per heavy atom. The summed E-state index contributed by atoms with van der Waals surface area (Å²) in [5, 5.41) is 3.06. The van der Waals surface area contributed by atoms with E-state index in [1.165, 1.54) is 22.5 Å². The predicted octanol–water partition coefficient (Wildman–Crippen LogP) is 3.23. The number of thiophene rings is 1. The number of nitrogens with one attached hydrogen (secondary N) is 1. The van der Waals surface area contributed by atoms with Crippen molar-refractivity contribution in [1.29, 1.82) is 0 Å². The Labute approximate surface area is 192 Å². The van der Waals surface area contributed by atoms with Crippen LogP contribution in [-0.4, -0.2) is 63.2 Å². The van der Waals surface area contributed by atoms with Gasteiger partial charge in [-0.25, -0.2) is 0 Å². The van der Waals surface area contributed by atoms with Gasteiger partial charge in [-0.05, 0) is 61.7 Å². The molecule has 0 spiro atoms. The van der Waals surface area contributed by atoms with E-state index in [0.717, 1.165) is 31.6 Å². The average molecular weight is 462 g/mol. The van der Waals surface area contributed by atoms with E-state index in [0.29, 0.717) is 28.8 Å². The Morgan fingerprint density at radius 1 is 1.23 bits per heavy atom. The third-order valence-corrected chi connectivity index (χ3v) is 7.45. The van der Waals surface area contributed by atoms with Crippen molar-refractivity contribution in [3.05, 3.63) is 50.7 Å². The summed E-state index contributed by atoms with van der Waals surface area (Å²) in [6.45, 7) is 2.99. The van der Waals surface area contributed by atoms with E-state index < -0.39 is 0 Å². The van der Waals surface area contributed by atoms with E-state index in [4.69, 9.17) is 16.3 Å². The number of benzene rings is 1. The second-order valence-electron chi connectivity index (χ2n) is 8.28. The third-order valence-electron chi connectivity index (χ3n) is 6.22. The Kier molecular flexibility index (Phi) is 6.96. The number of anilines is 1. The lowest BCUT2D eigenvalue weighted by Crippen LogP contribution is -2.40. The standard InChI is InChI=1S/C23H28ClN3O3S/c1-26-10-7-15-3-4-17(13-16(15)8-11-26)27-14-19(18(23(27)29)9-12-30-2)25-22(28)20-5-6-21(24)31-20/h3-6,13,18-19H,7-12,14H2,1-2H3,(H,25,28)/t18-,19?/m1/s1. The Morgan fingerprint density at radius 3 is 2.71 bits per heavy atom. The van der Waals surface area contributed by atoms with E-state index in [2.05, 4.69) is 29.4 Å². The van der Waals surface area contributed by atoms with Crippen molar-refractivity contribution >= 4 is 40.4 Å². The molecule has 1 N–H and O–H groups in total. The van der Waals surface area contributed by atoms with Gasteiger partial charge in [0.1, 0.15) is 0 Å². The van der Waals surface area contributed by atoms with Gasteiger partial charge in [-0.15, -0.1) is 11.3 Å². The number of carbonyl (C=O) groups is 2. The Balaban J connectivity index is 1.54. The molecule has 1 saturated heterocycles. The van der Waals surface area contributed by atoms with Gasteiger partial charge in [-0.2, -0.15) is 0 Å². The first kappa shape index (κ1) is 22.3. The smallest absolute Gasteiger partial charge is 0.261 e. The van der Waals surface area contributed by atoms with Crippen molar-refractivity contribution in [2.45, 2.75) is 25.3 Å². The molecule has 1 fully saturated rings. The van der Waals surface area contributed by atoms with E-state index in [1.807, 2.05) is 11.0 Å². The number of fused-ring (bicyclic) bond motifs is 1. The maximum atomic E-state index is 13.3. The zero-order valence-corrected chi connectivity index (χ0v) is 19.5. The summed E-state index contributed by atoms with van der Waals surface area (Å²) in [5.41, 5.74) is 3.57. The van der Waals surface area contributed by atoms with Gasteiger partial charge in [0.15, 0.2) is 0 Å². The molecule has 2 aromatic rings. The number of methoxy groups -OCH3 is 1. The minimum atomic E-state index is -0.315. The number of ether oxygens (including phenoxy) is 1. The number of likely N-dealkylation sites (N-methyl/N-ethyl adjacent to an activating group) is 1. The average Bonchev–Trinajstić information content (AvgIpc) is 3.26. The zero-order chi connectivity index (χ0) is 22.0. The highest BCUT2D eigenvalue weighted by Crippen LogP contribution is 2.31. The molecule has 2 aliphatic rings. The summed E-state index contributed by atoms with van der Waals surface area (Å²) in [5.74, 6) is -0.467. The van der Waals surface area contributed by atoms with E-state index in [1.54, 1.807) is 19.2 Å². The Bertz CT molecular complexity index is 963. The molecule has 2 amide bonds. The lowest BCUT2D eigenvalue weighted by atomic mass is 9.99. The van der Waals surface area contributed by atoms with Gasteiger partial charge in [-0.3, -0.25) is 9.59 Å². The number of nitrogens with zero attached hydrogens (tertiary/aromatic N) is 2. The fourth-order valence-electron chi connectivity index (χ4n) is 4.40. The maximum Gasteiger partial charge on any atom is 0.261 e. The van der Waals surface area contributed by atoms with Crippen molar-refractivity contribution in [3.8, 4) is 0 Å². The fraction of sp³-hybridized carbons (Fsp3) is 0.478. The van der Waals surface area contributed by atoms with Crippen molar-refractivity contribution in [1.82, 2.24) is 10.2 Å². The highest BCUT2D eigenvalue weighted by molar-refractivity contribution is 7.18. The van der Waals surface area contributed by atoms with Crippen LogP contribution in [-0.2, 0) is 22.4 Å². The molecule has 8 heteroatoms. The molecule has 0 saturated carbocycles. The SMILES string of the molecule is COCC[C@H]1C(=O)N(c2ccc3c(c2)CCN(C)CC3)CC1NC(=O)c1ccc(Cl)s1. The van der Waals surface area contributed by atoms with Gasteiger partial charge in [-0.1, -0.05) is 17.7 Å². The van der Waals surface area contributed by atoms with Gasteiger partial charge in [0.05, 0.1) is 21.2 Å². The van der Waals surface area contributed by atoms with Crippen molar-refractivity contribution in [2.24, 2.45) is 5.92 Å². The molecule has 31 heavy (non-hydrogen) atoms. The van der Waals surface area contributed by atoms with Crippen LogP contribution in [0.2, 0.25) is 4.34 Å². The topological polar surface area (TPSA) is 61.9 Å². The van der Waals surface area contributed by atoms with Gasteiger partial charge in [0.25, 0.3) is 5.91 Å². The second-order valence-corrected chi connectivity index (χ2v) is 9.99. The van der Waals surface area contributed by atoms with Crippen LogP contribution in [0.3, 0.4) is 0 Å². The number of rotatable bonds is 6. The molecular formula is C23H28ClN3O3S. The molecule has 2 atom stereocenters. The van der Waals surface area contributed by atoms with Gasteiger partial charge in [0.2, 0.25) is 5.91 Å². The summed E-state index contributed by atoms with van der Waals surface area (Å²) < 4.78 is 5.80. The third kappa shape index (κ3) is 4.95. The number of halogens is 1. The molecular weight excluding hydrogens is 434 g/mol. The van der Waals surface area contributed by atoms with Crippen LogP contribution in [0, 0.1) is 5.92 Å². The number of hydrogen-bond acceptors (Lipinski definition) is 5. The minimum absolute atomic E-state index is 0.0391. The van der Waals surface area contributed by atoms with Gasteiger partial charge in [0, 0.05) is 39.0 Å². The summed E-state index contributed by atoms with van der Waals surface area (Å²) in [6.07, 6.45) is 2.57. The zero-order valence-electron chi connectivity index (χ0n) is 17.9. The summed E-state index contributed by atoms with van der Waals surface area (Å²) >= 11 is 7.22. The molecule has 0 radical (unpaired) electrons. The molecule has 1 aromatic heterocycles.